The minimum atomic E-state index is 0.736. The summed E-state index contributed by atoms with van der Waals surface area (Å²) < 4.78 is 10.9. The van der Waals surface area contributed by atoms with E-state index in [0.29, 0.717) is 0 Å². The van der Waals surface area contributed by atoms with Crippen molar-refractivity contribution in [2.75, 3.05) is 33.9 Å². The lowest BCUT2D eigenvalue weighted by Gasteiger charge is -2.49. The van der Waals surface area contributed by atoms with E-state index in [1.165, 1.54) is 70.1 Å². The molecule has 1 aromatic rings. The van der Waals surface area contributed by atoms with Gasteiger partial charge in [-0.2, -0.15) is 0 Å². The third-order valence-electron chi connectivity index (χ3n) is 6.87. The van der Waals surface area contributed by atoms with E-state index in [4.69, 9.17) is 9.47 Å². The van der Waals surface area contributed by atoms with E-state index < -0.39 is 0 Å². The van der Waals surface area contributed by atoms with E-state index in [0.717, 1.165) is 36.0 Å². The van der Waals surface area contributed by atoms with E-state index in [9.17, 15) is 0 Å². The Hall–Kier alpha value is -1.26. The van der Waals surface area contributed by atoms with Crippen molar-refractivity contribution < 1.29 is 9.47 Å². The molecule has 144 valence electrons. The Labute approximate surface area is 158 Å². The summed E-state index contributed by atoms with van der Waals surface area (Å²) in [6.45, 7) is 4.79. The van der Waals surface area contributed by atoms with Gasteiger partial charge >= 0.3 is 0 Å². The monoisotopic (exact) mass is 358 g/mol. The maximum absolute atomic E-state index is 5.53. The number of fused-ring (bicyclic) bond motifs is 1. The molecule has 1 aliphatic carbocycles. The van der Waals surface area contributed by atoms with Crippen molar-refractivity contribution in [1.29, 1.82) is 0 Å². The molecule has 2 saturated heterocycles. The van der Waals surface area contributed by atoms with Crippen LogP contribution < -0.4 is 9.47 Å². The zero-order valence-electron chi connectivity index (χ0n) is 16.5. The average Bonchev–Trinajstić information content (AvgIpc) is 3.17. The number of hydrogen-bond donors (Lipinski definition) is 0. The fourth-order valence-corrected chi connectivity index (χ4v) is 5.65. The van der Waals surface area contributed by atoms with Crippen LogP contribution in [0, 0.1) is 5.92 Å². The van der Waals surface area contributed by atoms with Gasteiger partial charge in [0.1, 0.15) is 0 Å². The molecule has 1 saturated carbocycles. The maximum atomic E-state index is 5.53. The van der Waals surface area contributed by atoms with E-state index in [-0.39, 0.29) is 0 Å². The molecule has 0 amide bonds. The topological polar surface area (TPSA) is 24.9 Å². The normalized spacial score (nSPS) is 28.1. The second-order valence-electron chi connectivity index (χ2n) is 8.29. The lowest BCUT2D eigenvalue weighted by molar-refractivity contribution is -0.00383. The number of piperazine rings is 1. The molecule has 0 aromatic heterocycles. The molecule has 4 rings (SSSR count). The number of rotatable bonds is 5. The van der Waals surface area contributed by atoms with Crippen molar-refractivity contribution >= 4 is 0 Å². The summed E-state index contributed by atoms with van der Waals surface area (Å²) in [6.07, 6.45) is 9.93. The Bertz CT molecular complexity index is 600. The van der Waals surface area contributed by atoms with Crippen molar-refractivity contribution in [1.82, 2.24) is 9.80 Å². The minimum absolute atomic E-state index is 0.736. The molecular weight excluding hydrogens is 324 g/mol. The first-order valence-electron chi connectivity index (χ1n) is 10.5. The molecule has 3 fully saturated rings. The number of methoxy groups -OCH3 is 2. The summed E-state index contributed by atoms with van der Waals surface area (Å²) in [5.41, 5.74) is 1.34. The van der Waals surface area contributed by atoms with Crippen LogP contribution in [-0.4, -0.2) is 55.7 Å². The Balaban J connectivity index is 1.55. The van der Waals surface area contributed by atoms with E-state index >= 15 is 0 Å². The molecule has 4 heteroatoms. The van der Waals surface area contributed by atoms with Gasteiger partial charge in [0, 0.05) is 31.7 Å². The molecule has 0 bridgehead atoms. The quantitative estimate of drug-likeness (QED) is 0.796. The molecule has 0 unspecified atom stereocenters. The smallest absolute Gasteiger partial charge is 0.161 e. The van der Waals surface area contributed by atoms with Gasteiger partial charge in [0.15, 0.2) is 11.5 Å². The highest BCUT2D eigenvalue weighted by molar-refractivity contribution is 5.42. The van der Waals surface area contributed by atoms with E-state index in [2.05, 4.69) is 28.0 Å². The highest BCUT2D eigenvalue weighted by Gasteiger charge is 2.42. The summed E-state index contributed by atoms with van der Waals surface area (Å²) in [7, 11) is 3.43. The maximum Gasteiger partial charge on any atom is 0.161 e. The van der Waals surface area contributed by atoms with Crippen LogP contribution in [0.4, 0.5) is 0 Å². The van der Waals surface area contributed by atoms with Crippen LogP contribution in [0.25, 0.3) is 0 Å². The van der Waals surface area contributed by atoms with Crippen LogP contribution in [0.1, 0.15) is 50.5 Å². The van der Waals surface area contributed by atoms with Crippen molar-refractivity contribution in [3.63, 3.8) is 0 Å². The number of benzene rings is 1. The molecular formula is C22H34N2O2. The van der Waals surface area contributed by atoms with Crippen LogP contribution in [0.15, 0.2) is 18.2 Å². The zero-order chi connectivity index (χ0) is 17.9. The van der Waals surface area contributed by atoms with Gasteiger partial charge in [0.25, 0.3) is 0 Å². The second kappa shape index (κ2) is 8.18. The largest absolute Gasteiger partial charge is 0.493 e. The predicted molar refractivity (Wildman–Crippen MR) is 105 cm³/mol. The van der Waals surface area contributed by atoms with Gasteiger partial charge in [0.2, 0.25) is 0 Å². The molecule has 2 heterocycles. The second-order valence-corrected chi connectivity index (χ2v) is 8.29. The van der Waals surface area contributed by atoms with Crippen LogP contribution >= 0.6 is 0 Å². The highest BCUT2D eigenvalue weighted by atomic mass is 16.5. The van der Waals surface area contributed by atoms with Crippen molar-refractivity contribution in [3.05, 3.63) is 23.8 Å². The zero-order valence-corrected chi connectivity index (χ0v) is 16.5. The number of hydrogen-bond acceptors (Lipinski definition) is 4. The van der Waals surface area contributed by atoms with Crippen LogP contribution in [0.5, 0.6) is 11.5 Å². The van der Waals surface area contributed by atoms with Gasteiger partial charge < -0.3 is 9.47 Å². The fraction of sp³-hybridized carbons (Fsp3) is 0.727. The first-order chi connectivity index (χ1) is 12.8. The van der Waals surface area contributed by atoms with E-state index in [1.807, 2.05) is 0 Å². The highest BCUT2D eigenvalue weighted by Crippen LogP contribution is 2.38. The van der Waals surface area contributed by atoms with Gasteiger partial charge in [-0.3, -0.25) is 9.80 Å². The van der Waals surface area contributed by atoms with Crippen molar-refractivity contribution in [2.45, 2.75) is 63.6 Å². The standard InChI is InChI=1S/C22H34N2O2/c1-25-20-11-10-17(15-21(20)26-2)16-24-14-13-23-12-6-9-19(23)22(24)18-7-4-3-5-8-18/h10-11,15,18-19,22H,3-9,12-14,16H2,1-2H3/t19-,22+/m1/s1. The van der Waals surface area contributed by atoms with E-state index in [1.54, 1.807) is 14.2 Å². The first-order valence-corrected chi connectivity index (χ1v) is 10.5. The third-order valence-corrected chi connectivity index (χ3v) is 6.87. The van der Waals surface area contributed by atoms with Gasteiger partial charge in [-0.25, -0.2) is 0 Å². The Morgan fingerprint density at radius 2 is 1.69 bits per heavy atom. The summed E-state index contributed by atoms with van der Waals surface area (Å²) >= 11 is 0. The predicted octanol–water partition coefficient (Wildman–Crippen LogP) is 3.93. The van der Waals surface area contributed by atoms with Gasteiger partial charge in [-0.1, -0.05) is 25.3 Å². The van der Waals surface area contributed by atoms with Crippen LogP contribution in [0.2, 0.25) is 0 Å². The summed E-state index contributed by atoms with van der Waals surface area (Å²) in [6, 6.07) is 7.94. The Morgan fingerprint density at radius 3 is 2.46 bits per heavy atom. The molecule has 0 spiro atoms. The molecule has 2 aliphatic heterocycles. The average molecular weight is 359 g/mol. The lowest BCUT2D eigenvalue weighted by Crippen LogP contribution is -2.59. The van der Waals surface area contributed by atoms with Crippen molar-refractivity contribution in [3.8, 4) is 11.5 Å². The van der Waals surface area contributed by atoms with Gasteiger partial charge in [0.05, 0.1) is 14.2 Å². The third kappa shape index (κ3) is 3.59. The van der Waals surface area contributed by atoms with Crippen LogP contribution in [0.3, 0.4) is 0 Å². The summed E-state index contributed by atoms with van der Waals surface area (Å²) in [4.78, 5) is 5.58. The molecule has 4 nitrogen and oxygen atoms in total. The molecule has 1 aromatic carbocycles. The fourth-order valence-electron chi connectivity index (χ4n) is 5.65. The Morgan fingerprint density at radius 1 is 0.885 bits per heavy atom. The number of nitrogens with zero attached hydrogens (tertiary/aromatic N) is 2. The minimum Gasteiger partial charge on any atom is -0.493 e. The SMILES string of the molecule is COc1ccc(CN2CCN3CCC[C@@H]3[C@@H]2C2CCCCC2)cc1OC. The van der Waals surface area contributed by atoms with Gasteiger partial charge in [-0.05, 0) is 55.8 Å². The Kier molecular flexibility index (Phi) is 5.70. The molecule has 2 atom stereocenters. The lowest BCUT2D eigenvalue weighted by atomic mass is 9.78. The van der Waals surface area contributed by atoms with Gasteiger partial charge in [-0.15, -0.1) is 0 Å². The van der Waals surface area contributed by atoms with Crippen molar-refractivity contribution in [2.24, 2.45) is 5.92 Å². The molecule has 0 N–H and O–H groups in total. The molecule has 0 radical (unpaired) electrons. The first kappa shape index (κ1) is 18.1. The summed E-state index contributed by atoms with van der Waals surface area (Å²) in [5, 5.41) is 0. The molecule has 26 heavy (non-hydrogen) atoms. The van der Waals surface area contributed by atoms with Crippen LogP contribution in [-0.2, 0) is 6.54 Å². The summed E-state index contributed by atoms with van der Waals surface area (Å²) in [5.74, 6) is 2.55. The molecule has 3 aliphatic rings. The number of ether oxygens (including phenoxy) is 2.